The van der Waals surface area contributed by atoms with Gasteiger partial charge in [0.05, 0.1) is 19.1 Å². The third-order valence-electron chi connectivity index (χ3n) is 6.66. The molecule has 1 aromatic carbocycles. The van der Waals surface area contributed by atoms with Gasteiger partial charge in [0.1, 0.15) is 11.4 Å². The van der Waals surface area contributed by atoms with Crippen LogP contribution in [-0.4, -0.2) is 62.8 Å². The van der Waals surface area contributed by atoms with Crippen LogP contribution >= 0.6 is 0 Å². The molecule has 0 radical (unpaired) electrons. The number of hydrogen-bond donors (Lipinski definition) is 1. The summed E-state index contributed by atoms with van der Waals surface area (Å²) >= 11 is 0. The van der Waals surface area contributed by atoms with E-state index >= 15 is 0 Å². The Bertz CT molecular complexity index is 1150. The van der Waals surface area contributed by atoms with Crippen LogP contribution in [0.3, 0.4) is 0 Å². The second-order valence-corrected chi connectivity index (χ2v) is 8.75. The molecular weight excluding hydrogens is 422 g/mol. The first kappa shape index (κ1) is 23.0. The summed E-state index contributed by atoms with van der Waals surface area (Å²) in [4.78, 5) is 56.0. The fourth-order valence-corrected chi connectivity index (χ4v) is 4.65. The molecule has 2 N–H and O–H groups in total. The van der Waals surface area contributed by atoms with Crippen LogP contribution in [-0.2, 0) is 17.9 Å². The van der Waals surface area contributed by atoms with Crippen LogP contribution < -0.4 is 17.0 Å². The third kappa shape index (κ3) is 4.50. The van der Waals surface area contributed by atoms with Crippen molar-refractivity contribution in [1.29, 1.82) is 0 Å². The number of anilines is 1. The van der Waals surface area contributed by atoms with Crippen molar-refractivity contribution < 1.29 is 9.59 Å². The molecular formula is C24H31N5O4. The number of Topliss-reactive ketones (excluding diaryl/α,β-unsaturated/α-hetero) is 1. The smallest absolute Gasteiger partial charge is 0.332 e. The van der Waals surface area contributed by atoms with E-state index in [1.54, 1.807) is 6.92 Å². The summed E-state index contributed by atoms with van der Waals surface area (Å²) in [7, 11) is 0. The molecule has 0 bridgehead atoms. The Hall–Kier alpha value is -3.20. The summed E-state index contributed by atoms with van der Waals surface area (Å²) in [5.41, 5.74) is 5.73. The Morgan fingerprint density at radius 2 is 1.73 bits per heavy atom. The third-order valence-corrected chi connectivity index (χ3v) is 6.66. The van der Waals surface area contributed by atoms with Crippen LogP contribution in [0.15, 0.2) is 39.9 Å². The minimum atomic E-state index is -0.669. The number of piperidine rings is 1. The predicted octanol–water partition coefficient (Wildman–Crippen LogP) is 0.930. The molecule has 1 amide bonds. The fraction of sp³-hybridized carbons (Fsp3) is 0.500. The maximum absolute atomic E-state index is 13.4. The molecule has 0 saturated carbocycles. The van der Waals surface area contributed by atoms with Crippen LogP contribution in [0, 0.1) is 0 Å². The summed E-state index contributed by atoms with van der Waals surface area (Å²) in [6.07, 6.45) is 3.53. The molecule has 176 valence electrons. The fourth-order valence-electron chi connectivity index (χ4n) is 4.65. The first-order chi connectivity index (χ1) is 15.9. The molecule has 0 unspecified atom stereocenters. The highest BCUT2D eigenvalue weighted by Gasteiger charge is 2.35. The molecule has 3 heterocycles. The summed E-state index contributed by atoms with van der Waals surface area (Å²) in [5, 5.41) is 0. The van der Waals surface area contributed by atoms with Gasteiger partial charge in [0.25, 0.3) is 5.56 Å². The molecule has 1 atom stereocenters. The number of nitrogen functional groups attached to an aromatic ring is 1. The van der Waals surface area contributed by atoms with Crippen molar-refractivity contribution in [2.45, 2.75) is 51.7 Å². The van der Waals surface area contributed by atoms with Crippen molar-refractivity contribution in [3.8, 4) is 0 Å². The van der Waals surface area contributed by atoms with Gasteiger partial charge in [-0.2, -0.15) is 0 Å². The second-order valence-electron chi connectivity index (χ2n) is 8.75. The zero-order valence-corrected chi connectivity index (χ0v) is 19.0. The first-order valence-electron chi connectivity index (χ1n) is 11.7. The number of carbonyl (C=O) groups is 2. The van der Waals surface area contributed by atoms with Gasteiger partial charge in [0.15, 0.2) is 5.78 Å². The highest BCUT2D eigenvalue weighted by molar-refractivity contribution is 6.01. The van der Waals surface area contributed by atoms with E-state index in [9.17, 15) is 19.2 Å². The average molecular weight is 454 g/mol. The van der Waals surface area contributed by atoms with Crippen molar-refractivity contribution in [2.75, 3.05) is 31.9 Å². The zero-order chi connectivity index (χ0) is 23.5. The lowest BCUT2D eigenvalue weighted by Gasteiger charge is -2.40. The van der Waals surface area contributed by atoms with Crippen molar-refractivity contribution in [3.63, 3.8) is 0 Å². The largest absolute Gasteiger partial charge is 0.384 e. The van der Waals surface area contributed by atoms with E-state index in [1.807, 2.05) is 40.1 Å². The summed E-state index contributed by atoms with van der Waals surface area (Å²) in [6.45, 7) is 4.04. The second kappa shape index (κ2) is 9.74. The maximum Gasteiger partial charge on any atom is 0.332 e. The van der Waals surface area contributed by atoms with Gasteiger partial charge in [-0.25, -0.2) is 4.79 Å². The Kier molecular flexibility index (Phi) is 6.78. The summed E-state index contributed by atoms with van der Waals surface area (Å²) < 4.78 is 2.33. The number of benzene rings is 1. The van der Waals surface area contributed by atoms with Gasteiger partial charge in [0, 0.05) is 19.6 Å². The van der Waals surface area contributed by atoms with Gasteiger partial charge in [-0.1, -0.05) is 36.8 Å². The molecule has 4 rings (SSSR count). The van der Waals surface area contributed by atoms with E-state index in [1.165, 1.54) is 4.57 Å². The Labute approximate surface area is 192 Å². The highest BCUT2D eigenvalue weighted by atomic mass is 16.2. The molecule has 2 aliphatic rings. The molecule has 0 spiro atoms. The van der Waals surface area contributed by atoms with E-state index < -0.39 is 17.0 Å². The molecule has 9 nitrogen and oxygen atoms in total. The van der Waals surface area contributed by atoms with E-state index in [-0.39, 0.29) is 43.0 Å². The maximum atomic E-state index is 13.4. The Morgan fingerprint density at radius 3 is 2.36 bits per heavy atom. The lowest BCUT2D eigenvalue weighted by molar-refractivity contribution is -0.141. The normalized spacial score (nSPS) is 18.7. The number of likely N-dealkylation sites (tertiary alicyclic amines) is 2. The number of rotatable bonds is 7. The SMILES string of the molecule is CCn1c(=O)c(C(=O)CN2CCCC[C@@H]2C(=O)N2CCC2)c(N)n(Cc2ccccc2)c1=O. The lowest BCUT2D eigenvalue weighted by Crippen LogP contribution is -2.55. The van der Waals surface area contributed by atoms with E-state index in [2.05, 4.69) is 0 Å². The van der Waals surface area contributed by atoms with Gasteiger partial charge in [-0.15, -0.1) is 0 Å². The summed E-state index contributed by atoms with van der Waals surface area (Å²) in [6, 6.07) is 8.93. The molecule has 9 heteroatoms. The number of hydrogen-bond acceptors (Lipinski definition) is 6. The van der Waals surface area contributed by atoms with E-state index in [4.69, 9.17) is 5.73 Å². The minimum Gasteiger partial charge on any atom is -0.384 e. The number of amides is 1. The first-order valence-corrected chi connectivity index (χ1v) is 11.7. The predicted molar refractivity (Wildman–Crippen MR) is 125 cm³/mol. The van der Waals surface area contributed by atoms with Gasteiger partial charge in [-0.3, -0.25) is 28.4 Å². The van der Waals surface area contributed by atoms with Gasteiger partial charge < -0.3 is 10.6 Å². The number of nitrogens with zero attached hydrogens (tertiary/aromatic N) is 4. The molecule has 2 aliphatic heterocycles. The van der Waals surface area contributed by atoms with Crippen molar-refractivity contribution in [1.82, 2.24) is 18.9 Å². The van der Waals surface area contributed by atoms with Crippen LogP contribution in [0.25, 0.3) is 0 Å². The number of ketones is 1. The standard InChI is InChI=1S/C24H31N5O4/c1-2-28-23(32)20(21(25)29(24(28)33)15-17-9-4-3-5-10-17)19(30)16-27-12-7-6-11-18(27)22(31)26-13-8-14-26/h3-5,9-10,18H,2,6-8,11-16,25H2,1H3/t18-/m1/s1. The van der Waals surface area contributed by atoms with E-state index in [0.717, 1.165) is 42.5 Å². The van der Waals surface area contributed by atoms with Gasteiger partial charge >= 0.3 is 5.69 Å². The Morgan fingerprint density at radius 1 is 1.00 bits per heavy atom. The topological polar surface area (TPSA) is 111 Å². The van der Waals surface area contributed by atoms with Crippen molar-refractivity contribution >= 4 is 17.5 Å². The van der Waals surface area contributed by atoms with Gasteiger partial charge in [-0.05, 0) is 38.3 Å². The van der Waals surface area contributed by atoms with Gasteiger partial charge in [0.2, 0.25) is 5.91 Å². The van der Waals surface area contributed by atoms with Crippen molar-refractivity contribution in [2.24, 2.45) is 0 Å². The number of aromatic nitrogens is 2. The molecule has 2 saturated heterocycles. The highest BCUT2D eigenvalue weighted by Crippen LogP contribution is 2.22. The summed E-state index contributed by atoms with van der Waals surface area (Å²) in [5.74, 6) is -0.516. The average Bonchev–Trinajstić information content (AvgIpc) is 2.77. The van der Waals surface area contributed by atoms with Crippen LogP contribution in [0.4, 0.5) is 5.82 Å². The van der Waals surface area contributed by atoms with Crippen LogP contribution in [0.1, 0.15) is 48.5 Å². The molecule has 0 aliphatic carbocycles. The number of nitrogens with two attached hydrogens (primary N) is 1. The molecule has 1 aromatic heterocycles. The Balaban J connectivity index is 1.66. The van der Waals surface area contributed by atoms with Crippen LogP contribution in [0.5, 0.6) is 0 Å². The van der Waals surface area contributed by atoms with Crippen LogP contribution in [0.2, 0.25) is 0 Å². The quantitative estimate of drug-likeness (QED) is 0.625. The molecule has 2 aromatic rings. The van der Waals surface area contributed by atoms with Crippen molar-refractivity contribution in [3.05, 3.63) is 62.3 Å². The monoisotopic (exact) mass is 453 g/mol. The zero-order valence-electron chi connectivity index (χ0n) is 19.0. The lowest BCUT2D eigenvalue weighted by atomic mass is 9.98. The van der Waals surface area contributed by atoms with E-state index in [0.29, 0.717) is 13.0 Å². The molecule has 2 fully saturated rings. The minimum absolute atomic E-state index is 0.0572. The number of carbonyl (C=O) groups excluding carboxylic acids is 2. The molecule has 33 heavy (non-hydrogen) atoms.